The van der Waals surface area contributed by atoms with Gasteiger partial charge in [-0.05, 0) is 38.1 Å². The van der Waals surface area contributed by atoms with Crippen molar-refractivity contribution >= 4 is 40.7 Å². The monoisotopic (exact) mass is 445 g/mol. The van der Waals surface area contributed by atoms with Gasteiger partial charge in [-0.2, -0.15) is 5.26 Å². The van der Waals surface area contributed by atoms with Gasteiger partial charge >= 0.3 is 0 Å². The number of nitriles is 1. The highest BCUT2D eigenvalue weighted by Gasteiger charge is 2.39. The molecule has 0 fully saturated rings. The summed E-state index contributed by atoms with van der Waals surface area (Å²) in [5, 5.41) is 12.1. The van der Waals surface area contributed by atoms with Gasteiger partial charge in [-0.25, -0.2) is 0 Å². The van der Waals surface area contributed by atoms with Crippen molar-refractivity contribution in [3.05, 3.63) is 63.6 Å². The summed E-state index contributed by atoms with van der Waals surface area (Å²) in [6.07, 6.45) is -1.97. The molecule has 30 heavy (non-hydrogen) atoms. The lowest BCUT2D eigenvalue weighted by molar-refractivity contribution is -0.138. The number of hydrogen-bond donors (Lipinski definition) is 1. The highest BCUT2D eigenvalue weighted by atomic mass is 35.5. The number of amides is 2. The first kappa shape index (κ1) is 22.1. The van der Waals surface area contributed by atoms with Gasteiger partial charge in [0.15, 0.2) is 0 Å². The first-order valence-corrected chi connectivity index (χ1v) is 10.2. The van der Waals surface area contributed by atoms with Crippen LogP contribution in [0.15, 0.2) is 42.5 Å². The smallest absolute Gasteiger partial charge is 0.256 e. The quantitative estimate of drug-likeness (QED) is 0.697. The number of nitrogens with zero attached hydrogens (tertiary/aromatic N) is 2. The molecule has 156 valence electrons. The summed E-state index contributed by atoms with van der Waals surface area (Å²) in [4.78, 5) is 27.3. The van der Waals surface area contributed by atoms with Crippen LogP contribution in [0, 0.1) is 11.3 Å². The fourth-order valence-corrected chi connectivity index (χ4v) is 3.92. The van der Waals surface area contributed by atoms with Crippen molar-refractivity contribution in [3.8, 4) is 6.07 Å². The number of hydrogen-bond acceptors (Lipinski definition) is 4. The molecule has 2 amide bonds. The van der Waals surface area contributed by atoms with Crippen molar-refractivity contribution in [2.24, 2.45) is 0 Å². The molecule has 0 aromatic heterocycles. The largest absolute Gasteiger partial charge is 0.355 e. The van der Waals surface area contributed by atoms with E-state index in [1.54, 1.807) is 35.2 Å². The predicted molar refractivity (Wildman–Crippen MR) is 115 cm³/mol. The molecule has 0 aliphatic carbocycles. The summed E-state index contributed by atoms with van der Waals surface area (Å²) >= 11 is 12.7. The molecule has 2 unspecified atom stereocenters. The van der Waals surface area contributed by atoms with Crippen molar-refractivity contribution in [2.75, 3.05) is 11.4 Å². The maximum atomic E-state index is 13.4. The van der Waals surface area contributed by atoms with Crippen molar-refractivity contribution in [1.82, 2.24) is 5.32 Å². The van der Waals surface area contributed by atoms with Gasteiger partial charge in [0.25, 0.3) is 5.91 Å². The van der Waals surface area contributed by atoms with E-state index in [0.29, 0.717) is 26.9 Å². The van der Waals surface area contributed by atoms with E-state index in [1.807, 2.05) is 32.0 Å². The minimum atomic E-state index is -1.06. The first-order valence-electron chi connectivity index (χ1n) is 9.49. The van der Waals surface area contributed by atoms with Crippen LogP contribution in [0.3, 0.4) is 0 Å². The first-order chi connectivity index (χ1) is 14.3. The lowest BCUT2D eigenvalue weighted by atomic mass is 9.99. The summed E-state index contributed by atoms with van der Waals surface area (Å²) < 4.78 is 6.23. The maximum absolute atomic E-state index is 13.4. The second-order valence-electron chi connectivity index (χ2n) is 7.17. The molecule has 1 aliphatic rings. The van der Waals surface area contributed by atoms with Crippen LogP contribution in [0.1, 0.15) is 37.5 Å². The van der Waals surface area contributed by atoms with E-state index < -0.39 is 18.1 Å². The molecule has 3 rings (SSSR count). The SMILES string of the molecule is CC(C)N1C(=O)C(CC(=O)NCC#N)OC(c2ccccc2Cl)c2cc(Cl)ccc21. The number of rotatable bonds is 5. The average molecular weight is 446 g/mol. The van der Waals surface area contributed by atoms with E-state index in [-0.39, 0.29) is 24.9 Å². The summed E-state index contributed by atoms with van der Waals surface area (Å²) in [5.74, 6) is -0.782. The lowest BCUT2D eigenvalue weighted by Crippen LogP contribution is -2.45. The highest BCUT2D eigenvalue weighted by Crippen LogP contribution is 2.42. The molecule has 6 nitrogen and oxygen atoms in total. The molecule has 0 saturated carbocycles. The molecule has 1 heterocycles. The van der Waals surface area contributed by atoms with Crippen LogP contribution in [0.4, 0.5) is 5.69 Å². The van der Waals surface area contributed by atoms with Crippen LogP contribution in [0.5, 0.6) is 0 Å². The van der Waals surface area contributed by atoms with Gasteiger partial charge in [-0.15, -0.1) is 0 Å². The van der Waals surface area contributed by atoms with Crippen LogP contribution in [-0.4, -0.2) is 30.5 Å². The van der Waals surface area contributed by atoms with Crippen molar-refractivity contribution in [2.45, 2.75) is 38.5 Å². The zero-order valence-corrected chi connectivity index (χ0v) is 18.1. The average Bonchev–Trinajstić information content (AvgIpc) is 2.81. The molecule has 1 N–H and O–H groups in total. The molecule has 2 aromatic rings. The molecule has 2 atom stereocenters. The third kappa shape index (κ3) is 4.59. The van der Waals surface area contributed by atoms with Gasteiger partial charge in [0.2, 0.25) is 5.91 Å². The third-order valence-corrected chi connectivity index (χ3v) is 5.36. The van der Waals surface area contributed by atoms with E-state index >= 15 is 0 Å². The maximum Gasteiger partial charge on any atom is 0.256 e. The molecule has 0 bridgehead atoms. The van der Waals surface area contributed by atoms with E-state index in [1.165, 1.54) is 0 Å². The van der Waals surface area contributed by atoms with Crippen LogP contribution in [0.25, 0.3) is 0 Å². The summed E-state index contributed by atoms with van der Waals surface area (Å²) in [6.45, 7) is 3.63. The van der Waals surface area contributed by atoms with Gasteiger partial charge in [0.1, 0.15) is 18.8 Å². The molecule has 0 saturated heterocycles. The minimum Gasteiger partial charge on any atom is -0.355 e. The van der Waals surface area contributed by atoms with Gasteiger partial charge in [-0.3, -0.25) is 9.59 Å². The van der Waals surface area contributed by atoms with Gasteiger partial charge in [0, 0.05) is 27.2 Å². The second kappa shape index (κ2) is 9.48. The normalized spacial score (nSPS) is 18.5. The lowest BCUT2D eigenvalue weighted by Gasteiger charge is -2.28. The molecular weight excluding hydrogens is 425 g/mol. The van der Waals surface area contributed by atoms with Gasteiger partial charge < -0.3 is 15.0 Å². The second-order valence-corrected chi connectivity index (χ2v) is 8.01. The number of anilines is 1. The van der Waals surface area contributed by atoms with E-state index in [4.69, 9.17) is 33.2 Å². The van der Waals surface area contributed by atoms with E-state index in [0.717, 1.165) is 0 Å². The Labute approximate surface area is 185 Å². The summed E-state index contributed by atoms with van der Waals surface area (Å²) in [7, 11) is 0. The zero-order valence-electron chi connectivity index (χ0n) is 16.6. The Morgan fingerprint density at radius 3 is 2.63 bits per heavy atom. The third-order valence-electron chi connectivity index (χ3n) is 4.78. The van der Waals surface area contributed by atoms with Crippen molar-refractivity contribution in [1.29, 1.82) is 5.26 Å². The Hall–Kier alpha value is -2.59. The topological polar surface area (TPSA) is 82.4 Å². The Bertz CT molecular complexity index is 1000. The number of carbonyl (C=O) groups excluding carboxylic acids is 2. The zero-order chi connectivity index (χ0) is 21.8. The minimum absolute atomic E-state index is 0.141. The number of benzene rings is 2. The number of ether oxygens (including phenoxy) is 1. The van der Waals surface area contributed by atoms with Gasteiger partial charge in [-0.1, -0.05) is 41.4 Å². The number of halogens is 2. The number of fused-ring (bicyclic) bond motifs is 1. The van der Waals surface area contributed by atoms with Crippen molar-refractivity contribution < 1.29 is 14.3 Å². The number of nitrogens with one attached hydrogen (secondary N) is 1. The molecule has 0 radical (unpaired) electrons. The Morgan fingerprint density at radius 2 is 1.97 bits per heavy atom. The van der Waals surface area contributed by atoms with E-state index in [9.17, 15) is 9.59 Å². The number of carbonyl (C=O) groups is 2. The standard InChI is InChI=1S/C22H21Cl2N3O3/c1-13(2)27-18-8-7-14(23)11-16(18)21(15-5-3-4-6-17(15)24)30-19(22(27)29)12-20(28)26-10-9-25/h3-8,11,13,19,21H,10,12H2,1-2H3,(H,26,28). The summed E-state index contributed by atoms with van der Waals surface area (Å²) in [5.41, 5.74) is 2.02. The summed E-state index contributed by atoms with van der Waals surface area (Å²) in [6, 6.07) is 14.1. The fourth-order valence-electron chi connectivity index (χ4n) is 3.50. The Kier molecular flexibility index (Phi) is 6.99. The van der Waals surface area contributed by atoms with Gasteiger partial charge in [0.05, 0.1) is 18.2 Å². The van der Waals surface area contributed by atoms with Crippen LogP contribution in [-0.2, 0) is 14.3 Å². The molecule has 0 spiro atoms. The Balaban J connectivity index is 2.13. The predicted octanol–water partition coefficient (Wildman–Crippen LogP) is 4.25. The molecule has 8 heteroatoms. The van der Waals surface area contributed by atoms with E-state index in [2.05, 4.69) is 5.32 Å². The van der Waals surface area contributed by atoms with Crippen LogP contribution in [0.2, 0.25) is 10.0 Å². The van der Waals surface area contributed by atoms with Crippen LogP contribution >= 0.6 is 23.2 Å². The fraction of sp³-hybridized carbons (Fsp3) is 0.318. The molecular formula is C22H21Cl2N3O3. The highest BCUT2D eigenvalue weighted by molar-refractivity contribution is 6.31. The van der Waals surface area contributed by atoms with Crippen LogP contribution < -0.4 is 10.2 Å². The molecule has 1 aliphatic heterocycles. The molecule has 2 aromatic carbocycles. The van der Waals surface area contributed by atoms with Crippen molar-refractivity contribution in [3.63, 3.8) is 0 Å². The Morgan fingerprint density at radius 1 is 1.23 bits per heavy atom.